The maximum absolute atomic E-state index is 12.7. The molecule has 0 bridgehead atoms. The Hall–Kier alpha value is -2.86. The van der Waals surface area contributed by atoms with E-state index in [9.17, 15) is 14.4 Å². The number of benzene rings is 2. The van der Waals surface area contributed by atoms with E-state index in [4.69, 9.17) is 16.3 Å². The smallest absolute Gasteiger partial charge is 0.337 e. The van der Waals surface area contributed by atoms with E-state index in [-0.39, 0.29) is 12.5 Å². The van der Waals surface area contributed by atoms with Crippen LogP contribution in [0.25, 0.3) is 0 Å². The summed E-state index contributed by atoms with van der Waals surface area (Å²) in [5.74, 6) is -1.34. The van der Waals surface area contributed by atoms with Gasteiger partial charge in [-0.25, -0.2) is 4.79 Å². The molecule has 6 nitrogen and oxygen atoms in total. The van der Waals surface area contributed by atoms with Gasteiger partial charge in [-0.05, 0) is 49.7 Å². The van der Waals surface area contributed by atoms with Crippen LogP contribution in [-0.4, -0.2) is 31.1 Å². The molecule has 2 aromatic carbocycles. The number of nitrogens with one attached hydrogen (secondary N) is 1. The van der Waals surface area contributed by atoms with E-state index in [2.05, 4.69) is 10.1 Å². The minimum atomic E-state index is -0.660. The molecule has 1 unspecified atom stereocenters. The van der Waals surface area contributed by atoms with Crippen LogP contribution in [0.3, 0.4) is 0 Å². The van der Waals surface area contributed by atoms with E-state index in [0.717, 1.165) is 0 Å². The number of esters is 2. The summed E-state index contributed by atoms with van der Waals surface area (Å²) in [6.45, 7) is 3.51. The first-order valence-corrected chi connectivity index (χ1v) is 9.12. The lowest BCUT2D eigenvalue weighted by molar-refractivity contribution is -0.147. The Balaban J connectivity index is 2.21. The van der Waals surface area contributed by atoms with Gasteiger partial charge < -0.3 is 14.8 Å². The van der Waals surface area contributed by atoms with Gasteiger partial charge in [-0.2, -0.15) is 0 Å². The van der Waals surface area contributed by atoms with Crippen LogP contribution in [0.4, 0.5) is 0 Å². The number of rotatable bonds is 7. The van der Waals surface area contributed by atoms with Crippen molar-refractivity contribution >= 4 is 29.4 Å². The van der Waals surface area contributed by atoms with Gasteiger partial charge in [-0.3, -0.25) is 9.59 Å². The number of amides is 1. The largest absolute Gasteiger partial charge is 0.465 e. The first kappa shape index (κ1) is 21.4. The van der Waals surface area contributed by atoms with Crippen molar-refractivity contribution in [3.8, 4) is 0 Å². The maximum atomic E-state index is 12.7. The monoisotopic (exact) mass is 403 g/mol. The van der Waals surface area contributed by atoms with Crippen molar-refractivity contribution in [1.82, 2.24) is 5.32 Å². The first-order chi connectivity index (χ1) is 13.3. The van der Waals surface area contributed by atoms with Crippen LogP contribution in [0.5, 0.6) is 0 Å². The van der Waals surface area contributed by atoms with Gasteiger partial charge in [0.25, 0.3) is 5.91 Å². The second kappa shape index (κ2) is 9.90. The van der Waals surface area contributed by atoms with Crippen molar-refractivity contribution < 1.29 is 23.9 Å². The quantitative estimate of drug-likeness (QED) is 0.708. The summed E-state index contributed by atoms with van der Waals surface area (Å²) >= 11 is 6.25. The van der Waals surface area contributed by atoms with Crippen molar-refractivity contribution in [2.75, 3.05) is 7.11 Å². The molecule has 0 saturated carbocycles. The van der Waals surface area contributed by atoms with E-state index < -0.39 is 23.9 Å². The Kier molecular flexibility index (Phi) is 7.58. The number of carbonyl (C=O) groups excluding carboxylic acids is 3. The summed E-state index contributed by atoms with van der Waals surface area (Å²) in [5.41, 5.74) is 1.29. The molecule has 0 aliphatic heterocycles. The van der Waals surface area contributed by atoms with Gasteiger partial charge in [-0.1, -0.05) is 29.8 Å². The molecule has 0 aliphatic carbocycles. The van der Waals surface area contributed by atoms with Crippen LogP contribution in [0.2, 0.25) is 5.02 Å². The van der Waals surface area contributed by atoms with E-state index in [1.165, 1.54) is 31.4 Å². The number of methoxy groups -OCH3 is 1. The predicted octanol–water partition coefficient (Wildman–Crippen LogP) is 3.94. The normalized spacial score (nSPS) is 11.6. The molecule has 1 N–H and O–H groups in total. The molecule has 0 spiro atoms. The molecule has 0 aliphatic rings. The predicted molar refractivity (Wildman–Crippen MR) is 105 cm³/mol. The SMILES string of the molecule is COC(=O)c1ccc(C(=O)NC(CC(=O)OC(C)C)c2ccccc2Cl)cc1. The van der Waals surface area contributed by atoms with Crippen molar-refractivity contribution in [1.29, 1.82) is 0 Å². The standard InChI is InChI=1S/C21H22ClNO5/c1-13(2)28-19(24)12-18(16-6-4-5-7-17(16)22)23-20(25)14-8-10-15(11-9-14)21(26)27-3/h4-11,13,18H,12H2,1-3H3,(H,23,25). The third kappa shape index (κ3) is 5.82. The molecule has 0 fully saturated rings. The zero-order valence-corrected chi connectivity index (χ0v) is 16.7. The van der Waals surface area contributed by atoms with Crippen LogP contribution in [-0.2, 0) is 14.3 Å². The van der Waals surface area contributed by atoms with Crippen LogP contribution >= 0.6 is 11.6 Å². The third-order valence-electron chi connectivity index (χ3n) is 3.89. The molecule has 1 amide bonds. The van der Waals surface area contributed by atoms with Crippen LogP contribution < -0.4 is 5.32 Å². The molecule has 0 aromatic heterocycles. The van der Waals surface area contributed by atoms with Crippen LogP contribution in [0.15, 0.2) is 48.5 Å². The second-order valence-corrected chi connectivity index (χ2v) is 6.77. The van der Waals surface area contributed by atoms with E-state index in [1.54, 1.807) is 38.1 Å². The van der Waals surface area contributed by atoms with E-state index in [1.807, 2.05) is 0 Å². The molecule has 2 rings (SSSR count). The molecule has 0 radical (unpaired) electrons. The lowest BCUT2D eigenvalue weighted by Crippen LogP contribution is -2.31. The highest BCUT2D eigenvalue weighted by atomic mass is 35.5. The topological polar surface area (TPSA) is 81.7 Å². The lowest BCUT2D eigenvalue weighted by atomic mass is 10.0. The fraction of sp³-hybridized carbons (Fsp3) is 0.286. The van der Waals surface area contributed by atoms with Gasteiger partial charge >= 0.3 is 11.9 Å². The molecular weight excluding hydrogens is 382 g/mol. The Labute approximate surface area is 168 Å². The second-order valence-electron chi connectivity index (χ2n) is 6.36. The van der Waals surface area contributed by atoms with Crippen molar-refractivity contribution in [3.63, 3.8) is 0 Å². The summed E-state index contributed by atoms with van der Waals surface area (Å²) in [4.78, 5) is 36.3. The first-order valence-electron chi connectivity index (χ1n) is 8.75. The third-order valence-corrected chi connectivity index (χ3v) is 4.24. The van der Waals surface area contributed by atoms with Crippen molar-refractivity contribution in [2.24, 2.45) is 0 Å². The van der Waals surface area contributed by atoms with Crippen LogP contribution in [0, 0.1) is 0 Å². The zero-order chi connectivity index (χ0) is 20.7. The molecule has 1 atom stereocenters. The molecule has 0 heterocycles. The highest BCUT2D eigenvalue weighted by Crippen LogP contribution is 2.26. The Morgan fingerprint density at radius 3 is 2.18 bits per heavy atom. The highest BCUT2D eigenvalue weighted by Gasteiger charge is 2.22. The fourth-order valence-electron chi connectivity index (χ4n) is 2.59. The molecular formula is C21H22ClNO5. The van der Waals surface area contributed by atoms with Crippen LogP contribution in [0.1, 0.15) is 52.6 Å². The summed E-state index contributed by atoms with van der Waals surface area (Å²) in [5, 5.41) is 3.25. The van der Waals surface area contributed by atoms with Gasteiger partial charge in [0, 0.05) is 10.6 Å². The number of carbonyl (C=O) groups is 3. The Morgan fingerprint density at radius 2 is 1.61 bits per heavy atom. The number of halogens is 1. The average Bonchev–Trinajstić information content (AvgIpc) is 2.66. The van der Waals surface area contributed by atoms with E-state index >= 15 is 0 Å². The summed E-state index contributed by atoms with van der Waals surface area (Å²) in [7, 11) is 1.29. The van der Waals surface area contributed by atoms with Gasteiger partial charge in [0.2, 0.25) is 0 Å². The van der Waals surface area contributed by atoms with Gasteiger partial charge in [-0.15, -0.1) is 0 Å². The number of ether oxygens (including phenoxy) is 2. The minimum absolute atomic E-state index is 0.0616. The molecule has 148 valence electrons. The van der Waals surface area contributed by atoms with Crippen molar-refractivity contribution in [3.05, 3.63) is 70.2 Å². The molecule has 0 saturated heterocycles. The van der Waals surface area contributed by atoms with Gasteiger partial charge in [0.1, 0.15) is 0 Å². The van der Waals surface area contributed by atoms with E-state index in [0.29, 0.717) is 21.7 Å². The minimum Gasteiger partial charge on any atom is -0.465 e. The lowest BCUT2D eigenvalue weighted by Gasteiger charge is -2.20. The number of hydrogen-bond acceptors (Lipinski definition) is 5. The summed E-state index contributed by atoms with van der Waals surface area (Å²) < 4.78 is 9.84. The Bertz CT molecular complexity index is 848. The van der Waals surface area contributed by atoms with Gasteiger partial charge in [0.15, 0.2) is 0 Å². The zero-order valence-electron chi connectivity index (χ0n) is 15.9. The number of hydrogen-bond donors (Lipinski definition) is 1. The fourth-order valence-corrected chi connectivity index (χ4v) is 2.86. The average molecular weight is 404 g/mol. The Morgan fingerprint density at radius 1 is 1.00 bits per heavy atom. The summed E-state index contributed by atoms with van der Waals surface area (Å²) in [6, 6.07) is 12.3. The maximum Gasteiger partial charge on any atom is 0.337 e. The van der Waals surface area contributed by atoms with Crippen molar-refractivity contribution in [2.45, 2.75) is 32.4 Å². The molecule has 2 aromatic rings. The highest BCUT2D eigenvalue weighted by molar-refractivity contribution is 6.31. The molecule has 7 heteroatoms. The van der Waals surface area contributed by atoms with Gasteiger partial charge in [0.05, 0.1) is 31.2 Å². The molecule has 28 heavy (non-hydrogen) atoms. The summed E-state index contributed by atoms with van der Waals surface area (Å²) in [6.07, 6.45) is -0.325.